The van der Waals surface area contributed by atoms with Crippen LogP contribution in [0.4, 0.5) is 5.82 Å². The van der Waals surface area contributed by atoms with E-state index < -0.39 is 0 Å². The normalized spacial score (nSPS) is 21.3. The molecular formula is C18H29N3. The van der Waals surface area contributed by atoms with Crippen LogP contribution in [0.3, 0.4) is 0 Å². The van der Waals surface area contributed by atoms with Crippen LogP contribution < -0.4 is 10.2 Å². The summed E-state index contributed by atoms with van der Waals surface area (Å²) in [5.74, 6) is 1.66. The average molecular weight is 287 g/mol. The van der Waals surface area contributed by atoms with E-state index in [1.165, 1.54) is 42.8 Å². The van der Waals surface area contributed by atoms with E-state index in [2.05, 4.69) is 50.0 Å². The molecule has 1 aromatic rings. The summed E-state index contributed by atoms with van der Waals surface area (Å²) in [6.45, 7) is 11.3. The van der Waals surface area contributed by atoms with Crippen LogP contribution in [0.1, 0.15) is 70.6 Å². The van der Waals surface area contributed by atoms with Gasteiger partial charge in [0.1, 0.15) is 5.82 Å². The Morgan fingerprint density at radius 1 is 1.33 bits per heavy atom. The van der Waals surface area contributed by atoms with Crippen molar-refractivity contribution in [3.05, 3.63) is 23.4 Å². The molecule has 3 nitrogen and oxygen atoms in total. The molecule has 1 aromatic heterocycles. The number of rotatable bonds is 5. The number of hydrogen-bond donors (Lipinski definition) is 1. The Bertz CT molecular complexity index is 503. The van der Waals surface area contributed by atoms with Crippen molar-refractivity contribution in [2.24, 2.45) is 0 Å². The van der Waals surface area contributed by atoms with Crippen molar-refractivity contribution in [1.29, 1.82) is 0 Å². The number of pyridine rings is 1. The third-order valence-electron chi connectivity index (χ3n) is 4.83. The van der Waals surface area contributed by atoms with E-state index in [0.717, 1.165) is 19.1 Å². The van der Waals surface area contributed by atoms with Crippen molar-refractivity contribution in [3.8, 4) is 0 Å². The molecule has 1 N–H and O–H groups in total. The van der Waals surface area contributed by atoms with Crippen molar-refractivity contribution in [2.75, 3.05) is 11.4 Å². The number of nitrogens with zero attached hydrogens (tertiary/aromatic N) is 2. The van der Waals surface area contributed by atoms with Crippen LogP contribution in [0.25, 0.3) is 0 Å². The summed E-state index contributed by atoms with van der Waals surface area (Å²) in [6, 6.07) is 5.34. The smallest absolute Gasteiger partial charge is 0.129 e. The highest BCUT2D eigenvalue weighted by Gasteiger charge is 2.33. The molecule has 0 amide bonds. The van der Waals surface area contributed by atoms with Gasteiger partial charge < -0.3 is 10.2 Å². The van der Waals surface area contributed by atoms with E-state index >= 15 is 0 Å². The van der Waals surface area contributed by atoms with Crippen LogP contribution in [-0.4, -0.2) is 23.1 Å². The van der Waals surface area contributed by atoms with Gasteiger partial charge in [-0.1, -0.05) is 13.8 Å². The Morgan fingerprint density at radius 3 is 2.67 bits per heavy atom. The Balaban J connectivity index is 1.86. The predicted molar refractivity (Wildman–Crippen MR) is 88.8 cm³/mol. The Kier molecular flexibility index (Phi) is 3.96. The second-order valence-corrected chi connectivity index (χ2v) is 7.64. The second kappa shape index (κ2) is 5.60. The summed E-state index contributed by atoms with van der Waals surface area (Å²) in [6.07, 6.45) is 5.22. The molecule has 1 saturated carbocycles. The lowest BCUT2D eigenvalue weighted by Crippen LogP contribution is -2.39. The minimum atomic E-state index is 0.240. The summed E-state index contributed by atoms with van der Waals surface area (Å²) in [5, 5.41) is 3.63. The zero-order valence-electron chi connectivity index (χ0n) is 13.9. The zero-order chi connectivity index (χ0) is 15.0. The number of hydrogen-bond acceptors (Lipinski definition) is 3. The molecule has 1 saturated heterocycles. The van der Waals surface area contributed by atoms with Gasteiger partial charge in [0, 0.05) is 30.4 Å². The van der Waals surface area contributed by atoms with E-state index in [0.29, 0.717) is 5.92 Å². The van der Waals surface area contributed by atoms with Gasteiger partial charge in [-0.2, -0.15) is 0 Å². The summed E-state index contributed by atoms with van der Waals surface area (Å²) in [4.78, 5) is 7.45. The standard InChI is InChI=1S/C18H29N3/c1-13(2)16-10-14(12-19-15-6-7-15)11-17(20-16)21-9-5-8-18(21,3)4/h10-11,13,15,19H,5-9,12H2,1-4H3. The zero-order valence-corrected chi connectivity index (χ0v) is 13.9. The number of nitrogens with one attached hydrogen (secondary N) is 1. The van der Waals surface area contributed by atoms with Crippen LogP contribution in [-0.2, 0) is 6.54 Å². The maximum atomic E-state index is 4.95. The molecule has 0 bridgehead atoms. The highest BCUT2D eigenvalue weighted by atomic mass is 15.3. The maximum Gasteiger partial charge on any atom is 0.129 e. The lowest BCUT2D eigenvalue weighted by atomic mass is 10.0. The first-order valence-corrected chi connectivity index (χ1v) is 8.47. The fraction of sp³-hybridized carbons (Fsp3) is 0.722. The van der Waals surface area contributed by atoms with Gasteiger partial charge in [0.05, 0.1) is 0 Å². The third kappa shape index (κ3) is 3.39. The Morgan fingerprint density at radius 2 is 2.10 bits per heavy atom. The number of aromatic nitrogens is 1. The highest BCUT2D eigenvalue weighted by Crippen LogP contribution is 2.33. The Hall–Kier alpha value is -1.09. The van der Waals surface area contributed by atoms with Gasteiger partial charge in [-0.15, -0.1) is 0 Å². The summed E-state index contributed by atoms with van der Waals surface area (Å²) in [5.41, 5.74) is 2.85. The van der Waals surface area contributed by atoms with Crippen LogP contribution >= 0.6 is 0 Å². The monoisotopic (exact) mass is 287 g/mol. The molecule has 3 rings (SSSR count). The minimum absolute atomic E-state index is 0.240. The van der Waals surface area contributed by atoms with Crippen LogP contribution in [0.15, 0.2) is 12.1 Å². The summed E-state index contributed by atoms with van der Waals surface area (Å²) < 4.78 is 0. The van der Waals surface area contributed by atoms with E-state index in [4.69, 9.17) is 4.98 Å². The lowest BCUT2D eigenvalue weighted by Gasteiger charge is -2.33. The van der Waals surface area contributed by atoms with E-state index in [1.54, 1.807) is 0 Å². The lowest BCUT2D eigenvalue weighted by molar-refractivity contribution is 0.513. The molecule has 0 radical (unpaired) electrons. The molecule has 116 valence electrons. The molecular weight excluding hydrogens is 258 g/mol. The minimum Gasteiger partial charge on any atom is -0.351 e. The molecule has 21 heavy (non-hydrogen) atoms. The van der Waals surface area contributed by atoms with E-state index in [-0.39, 0.29) is 5.54 Å². The second-order valence-electron chi connectivity index (χ2n) is 7.64. The fourth-order valence-electron chi connectivity index (χ4n) is 3.21. The van der Waals surface area contributed by atoms with Crippen molar-refractivity contribution in [1.82, 2.24) is 10.3 Å². The van der Waals surface area contributed by atoms with Crippen LogP contribution in [0.2, 0.25) is 0 Å². The largest absolute Gasteiger partial charge is 0.351 e. The molecule has 3 heteroatoms. The van der Waals surface area contributed by atoms with E-state index in [9.17, 15) is 0 Å². The van der Waals surface area contributed by atoms with Crippen molar-refractivity contribution in [2.45, 2.75) is 77.4 Å². The van der Waals surface area contributed by atoms with E-state index in [1.807, 2.05) is 0 Å². The molecule has 2 aliphatic rings. The van der Waals surface area contributed by atoms with Crippen molar-refractivity contribution < 1.29 is 0 Å². The topological polar surface area (TPSA) is 28.2 Å². The molecule has 1 aliphatic heterocycles. The molecule has 0 aromatic carbocycles. The van der Waals surface area contributed by atoms with Crippen molar-refractivity contribution >= 4 is 5.82 Å². The molecule has 0 unspecified atom stereocenters. The van der Waals surface area contributed by atoms with Gasteiger partial charge in [0.15, 0.2) is 0 Å². The molecule has 2 heterocycles. The maximum absolute atomic E-state index is 4.95. The summed E-state index contributed by atoms with van der Waals surface area (Å²) >= 11 is 0. The molecule has 1 aliphatic carbocycles. The van der Waals surface area contributed by atoms with Gasteiger partial charge in [-0.25, -0.2) is 4.98 Å². The van der Waals surface area contributed by atoms with Gasteiger partial charge >= 0.3 is 0 Å². The fourth-order valence-corrected chi connectivity index (χ4v) is 3.21. The van der Waals surface area contributed by atoms with Gasteiger partial charge in [-0.3, -0.25) is 0 Å². The third-order valence-corrected chi connectivity index (χ3v) is 4.83. The Labute approximate surface area is 129 Å². The first kappa shape index (κ1) is 14.8. The van der Waals surface area contributed by atoms with Gasteiger partial charge in [0.25, 0.3) is 0 Å². The molecule has 0 spiro atoms. The number of anilines is 1. The SMILES string of the molecule is CC(C)c1cc(CNC2CC2)cc(N2CCCC2(C)C)n1. The molecule has 0 atom stereocenters. The predicted octanol–water partition coefficient (Wildman–Crippen LogP) is 3.84. The van der Waals surface area contributed by atoms with Crippen molar-refractivity contribution in [3.63, 3.8) is 0 Å². The van der Waals surface area contributed by atoms with Crippen LogP contribution in [0.5, 0.6) is 0 Å². The quantitative estimate of drug-likeness (QED) is 0.892. The highest BCUT2D eigenvalue weighted by molar-refractivity contribution is 5.47. The van der Waals surface area contributed by atoms with Gasteiger partial charge in [0.2, 0.25) is 0 Å². The summed E-state index contributed by atoms with van der Waals surface area (Å²) in [7, 11) is 0. The first-order valence-electron chi connectivity index (χ1n) is 8.47. The molecule has 2 fully saturated rings. The van der Waals surface area contributed by atoms with Gasteiger partial charge in [-0.05, 0) is 63.1 Å². The average Bonchev–Trinajstić information content (AvgIpc) is 3.19. The first-order chi connectivity index (χ1) is 9.95. The van der Waals surface area contributed by atoms with Crippen LogP contribution in [0, 0.1) is 0 Å².